The van der Waals surface area contributed by atoms with Gasteiger partial charge in [-0.25, -0.2) is 9.97 Å². The normalized spacial score (nSPS) is 10.6. The first-order valence-electron chi connectivity index (χ1n) is 13.0. The van der Waals surface area contributed by atoms with Gasteiger partial charge in [-0.15, -0.1) is 29.8 Å². The molecule has 41 heavy (non-hydrogen) atoms. The van der Waals surface area contributed by atoms with Gasteiger partial charge in [-0.2, -0.15) is 0 Å². The van der Waals surface area contributed by atoms with E-state index in [1.807, 2.05) is 72.8 Å². The van der Waals surface area contributed by atoms with Gasteiger partial charge in [0.1, 0.15) is 11.6 Å². The summed E-state index contributed by atoms with van der Waals surface area (Å²) in [5.41, 5.74) is 6.18. The van der Waals surface area contributed by atoms with Crippen LogP contribution in [0.25, 0.3) is 34.2 Å². The van der Waals surface area contributed by atoms with Crippen molar-refractivity contribution in [2.45, 2.75) is 13.8 Å². The minimum atomic E-state index is 0. The predicted molar refractivity (Wildman–Crippen MR) is 159 cm³/mol. The molecule has 0 spiro atoms. The fraction of sp³-hybridized carbons (Fsp3) is 0.0588. The van der Waals surface area contributed by atoms with E-state index < -0.39 is 0 Å². The molecule has 2 aromatic heterocycles. The molecule has 0 amide bonds. The zero-order valence-electron chi connectivity index (χ0n) is 22.5. The van der Waals surface area contributed by atoms with Gasteiger partial charge in [0.15, 0.2) is 11.6 Å². The zero-order chi connectivity index (χ0) is 27.5. The second kappa shape index (κ2) is 12.2. The summed E-state index contributed by atoms with van der Waals surface area (Å²) < 4.78 is 0. The summed E-state index contributed by atoms with van der Waals surface area (Å²) >= 11 is 0. The number of anilines is 3. The Labute approximate surface area is 253 Å². The molecule has 0 aliphatic carbocycles. The molecular weight excluding hydrogens is 689 g/mol. The second-order valence-corrected chi connectivity index (χ2v) is 9.40. The second-order valence-electron chi connectivity index (χ2n) is 9.40. The van der Waals surface area contributed by atoms with Gasteiger partial charge in [0.05, 0.1) is 17.1 Å². The van der Waals surface area contributed by atoms with Gasteiger partial charge in [0.25, 0.3) is 0 Å². The van der Waals surface area contributed by atoms with Crippen molar-refractivity contribution in [2.24, 2.45) is 0 Å². The van der Waals surface area contributed by atoms with E-state index in [9.17, 15) is 5.11 Å². The van der Waals surface area contributed by atoms with Crippen LogP contribution in [0.15, 0.2) is 115 Å². The van der Waals surface area contributed by atoms with Gasteiger partial charge >= 0.3 is 0 Å². The third-order valence-corrected chi connectivity index (χ3v) is 6.62. The molecule has 4 aromatic carbocycles. The number of benzene rings is 4. The smallest absolute Gasteiger partial charge is 0.158 e. The SMILES string of the molecule is Cc1cccc(C)c1N(c1[c-]c(-c2nc(-c3ccccc3)nc(-c3ccccc3O)n2)ccc1)c1ccccn1.[Pt]. The van der Waals surface area contributed by atoms with Gasteiger partial charge in [-0.05, 0) is 54.9 Å². The minimum Gasteiger partial charge on any atom is -0.507 e. The van der Waals surface area contributed by atoms with Crippen LogP contribution in [0, 0.1) is 19.9 Å². The molecule has 0 radical (unpaired) electrons. The van der Waals surface area contributed by atoms with Crippen molar-refractivity contribution < 1.29 is 26.2 Å². The van der Waals surface area contributed by atoms with Crippen LogP contribution in [0.2, 0.25) is 0 Å². The maximum Gasteiger partial charge on any atom is 0.158 e. The van der Waals surface area contributed by atoms with Gasteiger partial charge < -0.3 is 10.0 Å². The van der Waals surface area contributed by atoms with E-state index in [1.54, 1.807) is 24.4 Å². The van der Waals surface area contributed by atoms with Crippen molar-refractivity contribution in [1.82, 2.24) is 19.9 Å². The molecule has 7 heteroatoms. The minimum absolute atomic E-state index is 0. The first-order valence-corrected chi connectivity index (χ1v) is 13.0. The van der Waals surface area contributed by atoms with E-state index in [0.717, 1.165) is 33.9 Å². The fourth-order valence-electron chi connectivity index (χ4n) is 4.72. The van der Waals surface area contributed by atoms with E-state index in [1.165, 1.54) is 0 Å². The summed E-state index contributed by atoms with van der Waals surface area (Å²) in [6.45, 7) is 4.19. The van der Waals surface area contributed by atoms with E-state index >= 15 is 0 Å². The molecule has 0 unspecified atom stereocenters. The van der Waals surface area contributed by atoms with Crippen molar-refractivity contribution in [1.29, 1.82) is 0 Å². The molecule has 6 rings (SSSR count). The Morgan fingerprint density at radius 1 is 0.634 bits per heavy atom. The first kappa shape index (κ1) is 27.9. The van der Waals surface area contributed by atoms with Gasteiger partial charge in [-0.1, -0.05) is 66.7 Å². The summed E-state index contributed by atoms with van der Waals surface area (Å²) in [5, 5.41) is 10.6. The van der Waals surface area contributed by atoms with Crippen LogP contribution in [0.4, 0.5) is 17.2 Å². The van der Waals surface area contributed by atoms with E-state index in [0.29, 0.717) is 28.6 Å². The number of aryl methyl sites for hydroxylation is 2. The van der Waals surface area contributed by atoms with Crippen LogP contribution in [0.1, 0.15) is 11.1 Å². The molecule has 0 aliphatic rings. The molecule has 6 nitrogen and oxygen atoms in total. The van der Waals surface area contributed by atoms with Crippen LogP contribution in [-0.2, 0) is 21.1 Å². The van der Waals surface area contributed by atoms with E-state index in [2.05, 4.69) is 48.0 Å². The fourth-order valence-corrected chi connectivity index (χ4v) is 4.72. The quantitative estimate of drug-likeness (QED) is 0.177. The summed E-state index contributed by atoms with van der Waals surface area (Å²) in [6.07, 6.45) is 1.79. The van der Waals surface area contributed by atoms with Crippen molar-refractivity contribution in [3.05, 3.63) is 133 Å². The van der Waals surface area contributed by atoms with E-state index in [4.69, 9.17) is 15.0 Å². The van der Waals surface area contributed by atoms with Gasteiger partial charge in [0, 0.05) is 32.8 Å². The molecule has 0 aliphatic heterocycles. The maximum absolute atomic E-state index is 10.6. The molecule has 0 saturated heterocycles. The standard InChI is InChI=1S/C34H26N5O.Pt/c1-23-12-10-13-24(2)31(23)39(30-20-8-9-21-35-30)27-17-11-16-26(22-27)33-36-32(25-14-4-3-5-15-25)37-34(38-33)28-18-6-7-19-29(28)40;/h3-21,40H,1-2H3;/q-1;. The molecular formula is C34H26N5OPt-. The maximum atomic E-state index is 10.6. The van der Waals surface area contributed by atoms with Gasteiger partial charge in [0.2, 0.25) is 0 Å². The molecule has 0 fully saturated rings. The monoisotopic (exact) mass is 715 g/mol. The number of hydrogen-bond acceptors (Lipinski definition) is 6. The third kappa shape index (κ3) is 5.79. The summed E-state index contributed by atoms with van der Waals surface area (Å²) in [7, 11) is 0. The molecule has 0 atom stereocenters. The third-order valence-electron chi connectivity index (χ3n) is 6.62. The van der Waals surface area contributed by atoms with Crippen LogP contribution in [-0.4, -0.2) is 25.0 Å². The summed E-state index contributed by atoms with van der Waals surface area (Å²) in [4.78, 5) is 21.1. The number of phenols is 1. The van der Waals surface area contributed by atoms with E-state index in [-0.39, 0.29) is 26.8 Å². The largest absolute Gasteiger partial charge is 0.507 e. The Hall–Kier alpha value is -4.67. The Morgan fingerprint density at radius 2 is 1.29 bits per heavy atom. The number of rotatable bonds is 6. The van der Waals surface area contributed by atoms with Crippen LogP contribution in [0.5, 0.6) is 5.75 Å². The number of hydrogen-bond donors (Lipinski definition) is 1. The Morgan fingerprint density at radius 3 is 2.02 bits per heavy atom. The van der Waals surface area contributed by atoms with Crippen LogP contribution >= 0.6 is 0 Å². The molecule has 0 saturated carbocycles. The van der Waals surface area contributed by atoms with Crippen molar-refractivity contribution >= 4 is 17.2 Å². The van der Waals surface area contributed by atoms with Crippen LogP contribution in [0.3, 0.4) is 0 Å². The summed E-state index contributed by atoms with van der Waals surface area (Å²) in [5.74, 6) is 2.24. The van der Waals surface area contributed by atoms with Crippen LogP contribution < -0.4 is 4.90 Å². The van der Waals surface area contributed by atoms with Crippen molar-refractivity contribution in [3.8, 4) is 39.9 Å². The number of aromatic hydroxyl groups is 1. The Balaban J connectivity index is 0.00000337. The molecule has 204 valence electrons. The molecule has 2 heterocycles. The number of aromatic nitrogens is 4. The summed E-state index contributed by atoms with van der Waals surface area (Å²) in [6, 6.07) is 38.4. The van der Waals surface area contributed by atoms with Crippen molar-refractivity contribution in [2.75, 3.05) is 4.90 Å². The Bertz CT molecular complexity index is 1770. The average molecular weight is 716 g/mol. The molecule has 0 bridgehead atoms. The van der Waals surface area contributed by atoms with Crippen molar-refractivity contribution in [3.63, 3.8) is 0 Å². The molecule has 1 N–H and O–H groups in total. The first-order chi connectivity index (χ1) is 19.6. The van der Waals surface area contributed by atoms with Gasteiger partial charge in [-0.3, -0.25) is 9.97 Å². The predicted octanol–water partition coefficient (Wildman–Crippen LogP) is 7.86. The molecule has 6 aromatic rings. The average Bonchev–Trinajstić information content (AvgIpc) is 3.00. The zero-order valence-corrected chi connectivity index (χ0v) is 24.7. The Kier molecular flexibility index (Phi) is 8.32. The topological polar surface area (TPSA) is 75.0 Å². The number of pyridine rings is 1. The number of para-hydroxylation sites is 2. The number of phenolic OH excluding ortho intramolecular Hbond substituents is 1. The number of nitrogens with zero attached hydrogens (tertiary/aromatic N) is 5.